The van der Waals surface area contributed by atoms with E-state index in [4.69, 9.17) is 4.74 Å². The molecule has 0 spiro atoms. The summed E-state index contributed by atoms with van der Waals surface area (Å²) in [6.07, 6.45) is 1.68. The van der Waals surface area contributed by atoms with Crippen LogP contribution in [0.3, 0.4) is 0 Å². The standard InChI is InChI=1S/C23H27N5O3/c1-23(2,3)18-14-20(28(26-18)19-11-6-7-12-24-19)25-22(30)16-9-8-10-17(13-16)31-15-21(29)27(4)5/h6-14H,15H2,1-5H3,(H,25,30). The van der Waals surface area contributed by atoms with Gasteiger partial charge in [-0.3, -0.25) is 9.59 Å². The number of rotatable bonds is 6. The van der Waals surface area contributed by atoms with Crippen LogP contribution in [0, 0.1) is 0 Å². The SMILES string of the molecule is CN(C)C(=O)COc1cccc(C(=O)Nc2cc(C(C)(C)C)nn2-c2ccccn2)c1. The van der Waals surface area contributed by atoms with E-state index in [-0.39, 0.29) is 23.8 Å². The number of hydrogen-bond acceptors (Lipinski definition) is 5. The maximum Gasteiger partial charge on any atom is 0.259 e. The third-order valence-corrected chi connectivity index (χ3v) is 4.54. The van der Waals surface area contributed by atoms with Crippen LogP contribution in [0.2, 0.25) is 0 Å². The zero-order valence-corrected chi connectivity index (χ0v) is 18.4. The van der Waals surface area contributed by atoms with Gasteiger partial charge in [0.15, 0.2) is 12.4 Å². The molecule has 2 amide bonds. The summed E-state index contributed by atoms with van der Waals surface area (Å²) < 4.78 is 7.13. The predicted octanol–water partition coefficient (Wildman–Crippen LogP) is 3.28. The quantitative estimate of drug-likeness (QED) is 0.660. The number of nitrogens with zero attached hydrogens (tertiary/aromatic N) is 4. The molecule has 3 rings (SSSR count). The number of hydrogen-bond donors (Lipinski definition) is 1. The Labute approximate surface area is 181 Å². The zero-order chi connectivity index (χ0) is 22.6. The minimum absolute atomic E-state index is 0.0978. The van der Waals surface area contributed by atoms with Gasteiger partial charge >= 0.3 is 0 Å². The molecule has 8 heteroatoms. The fourth-order valence-electron chi connectivity index (χ4n) is 2.68. The first-order chi connectivity index (χ1) is 14.6. The predicted molar refractivity (Wildman–Crippen MR) is 119 cm³/mol. The van der Waals surface area contributed by atoms with Gasteiger partial charge in [-0.25, -0.2) is 4.98 Å². The van der Waals surface area contributed by atoms with Gasteiger partial charge in [0.2, 0.25) is 0 Å². The Morgan fingerprint density at radius 1 is 1.10 bits per heavy atom. The molecule has 2 aromatic heterocycles. The van der Waals surface area contributed by atoms with E-state index in [1.807, 2.05) is 24.3 Å². The molecule has 31 heavy (non-hydrogen) atoms. The van der Waals surface area contributed by atoms with Gasteiger partial charge in [-0.1, -0.05) is 32.9 Å². The summed E-state index contributed by atoms with van der Waals surface area (Å²) in [5.74, 6) is 1.08. The number of pyridine rings is 1. The van der Waals surface area contributed by atoms with Crippen molar-refractivity contribution in [1.29, 1.82) is 0 Å². The van der Waals surface area contributed by atoms with Crippen molar-refractivity contribution in [3.63, 3.8) is 0 Å². The van der Waals surface area contributed by atoms with Crippen molar-refractivity contribution in [2.45, 2.75) is 26.2 Å². The molecule has 0 unspecified atom stereocenters. The summed E-state index contributed by atoms with van der Waals surface area (Å²) in [5, 5.41) is 7.57. The fourth-order valence-corrected chi connectivity index (χ4v) is 2.68. The van der Waals surface area contributed by atoms with Crippen molar-refractivity contribution in [1.82, 2.24) is 19.7 Å². The van der Waals surface area contributed by atoms with Crippen LogP contribution >= 0.6 is 0 Å². The van der Waals surface area contributed by atoms with Crippen LogP contribution in [0.4, 0.5) is 5.82 Å². The highest BCUT2D eigenvalue weighted by Gasteiger charge is 2.22. The minimum Gasteiger partial charge on any atom is -0.484 e. The lowest BCUT2D eigenvalue weighted by Gasteiger charge is -2.13. The Balaban J connectivity index is 1.84. The van der Waals surface area contributed by atoms with Gasteiger partial charge in [0.05, 0.1) is 5.69 Å². The molecule has 0 aliphatic carbocycles. The average molecular weight is 422 g/mol. The molecule has 0 saturated carbocycles. The summed E-state index contributed by atoms with van der Waals surface area (Å²) in [4.78, 5) is 30.5. The molecule has 0 saturated heterocycles. The number of benzene rings is 1. The number of nitrogens with one attached hydrogen (secondary N) is 1. The smallest absolute Gasteiger partial charge is 0.259 e. The van der Waals surface area contributed by atoms with Gasteiger partial charge in [0.25, 0.3) is 11.8 Å². The Kier molecular flexibility index (Phi) is 6.39. The molecule has 2 heterocycles. The largest absolute Gasteiger partial charge is 0.484 e. The number of aromatic nitrogens is 3. The van der Waals surface area contributed by atoms with Crippen LogP contribution in [0.25, 0.3) is 5.82 Å². The van der Waals surface area contributed by atoms with Crippen molar-refractivity contribution in [2.75, 3.05) is 26.0 Å². The van der Waals surface area contributed by atoms with Crippen molar-refractivity contribution >= 4 is 17.6 Å². The Morgan fingerprint density at radius 3 is 2.52 bits per heavy atom. The molecule has 162 valence electrons. The highest BCUT2D eigenvalue weighted by Crippen LogP contribution is 2.26. The lowest BCUT2D eigenvalue weighted by atomic mass is 9.92. The van der Waals surface area contributed by atoms with E-state index in [2.05, 4.69) is 36.2 Å². The molecule has 0 aliphatic heterocycles. The highest BCUT2D eigenvalue weighted by atomic mass is 16.5. The van der Waals surface area contributed by atoms with E-state index in [9.17, 15) is 9.59 Å². The third kappa shape index (κ3) is 5.48. The number of carbonyl (C=O) groups is 2. The second-order valence-corrected chi connectivity index (χ2v) is 8.32. The third-order valence-electron chi connectivity index (χ3n) is 4.54. The lowest BCUT2D eigenvalue weighted by molar-refractivity contribution is -0.130. The van der Waals surface area contributed by atoms with Gasteiger partial charge in [0.1, 0.15) is 11.6 Å². The van der Waals surface area contributed by atoms with Crippen LogP contribution in [-0.4, -0.2) is 52.2 Å². The van der Waals surface area contributed by atoms with E-state index >= 15 is 0 Å². The summed E-state index contributed by atoms with van der Waals surface area (Å²) in [5.41, 5.74) is 1.03. The molecule has 3 aromatic rings. The fraction of sp³-hybridized carbons (Fsp3) is 0.304. The molecular weight excluding hydrogens is 394 g/mol. The second kappa shape index (κ2) is 8.99. The minimum atomic E-state index is -0.318. The Hall–Kier alpha value is -3.68. The summed E-state index contributed by atoms with van der Waals surface area (Å²) in [6, 6.07) is 14.1. The number of amides is 2. The molecule has 0 bridgehead atoms. The van der Waals surface area contributed by atoms with Gasteiger partial charge < -0.3 is 15.0 Å². The first-order valence-electron chi connectivity index (χ1n) is 9.91. The van der Waals surface area contributed by atoms with Crippen LogP contribution < -0.4 is 10.1 Å². The zero-order valence-electron chi connectivity index (χ0n) is 18.4. The maximum absolute atomic E-state index is 13.0. The molecule has 8 nitrogen and oxygen atoms in total. The van der Waals surface area contributed by atoms with Crippen LogP contribution in [0.5, 0.6) is 5.75 Å². The van der Waals surface area contributed by atoms with E-state index in [1.54, 1.807) is 49.2 Å². The van der Waals surface area contributed by atoms with E-state index in [1.165, 1.54) is 4.90 Å². The van der Waals surface area contributed by atoms with Crippen LogP contribution in [0.1, 0.15) is 36.8 Å². The van der Waals surface area contributed by atoms with E-state index in [0.29, 0.717) is 22.9 Å². The van der Waals surface area contributed by atoms with Crippen LogP contribution in [0.15, 0.2) is 54.7 Å². The molecule has 0 radical (unpaired) electrons. The van der Waals surface area contributed by atoms with Crippen LogP contribution in [-0.2, 0) is 10.2 Å². The first-order valence-corrected chi connectivity index (χ1v) is 9.91. The van der Waals surface area contributed by atoms with Gasteiger partial charge in [-0.2, -0.15) is 9.78 Å². The molecule has 1 N–H and O–H groups in total. The topological polar surface area (TPSA) is 89.4 Å². The summed E-state index contributed by atoms with van der Waals surface area (Å²) in [7, 11) is 3.32. The number of anilines is 1. The van der Waals surface area contributed by atoms with Gasteiger partial charge in [-0.15, -0.1) is 0 Å². The second-order valence-electron chi connectivity index (χ2n) is 8.32. The molecule has 0 fully saturated rings. The summed E-state index contributed by atoms with van der Waals surface area (Å²) >= 11 is 0. The molecule has 0 aliphatic rings. The first kappa shape index (κ1) is 22.0. The van der Waals surface area contributed by atoms with E-state index < -0.39 is 0 Å². The van der Waals surface area contributed by atoms with Crippen molar-refractivity contribution < 1.29 is 14.3 Å². The van der Waals surface area contributed by atoms with Crippen molar-refractivity contribution in [3.8, 4) is 11.6 Å². The number of likely N-dealkylation sites (N-methyl/N-ethyl adjacent to an activating group) is 1. The van der Waals surface area contributed by atoms with Crippen molar-refractivity contribution in [3.05, 3.63) is 66.0 Å². The van der Waals surface area contributed by atoms with Crippen molar-refractivity contribution in [2.24, 2.45) is 0 Å². The van der Waals surface area contributed by atoms with Gasteiger partial charge in [-0.05, 0) is 30.3 Å². The monoisotopic (exact) mass is 421 g/mol. The normalized spacial score (nSPS) is 11.1. The lowest BCUT2D eigenvalue weighted by Crippen LogP contribution is -2.27. The molecular formula is C23H27N5O3. The van der Waals surface area contributed by atoms with E-state index in [0.717, 1.165) is 5.69 Å². The highest BCUT2D eigenvalue weighted by molar-refractivity contribution is 6.04. The number of carbonyl (C=O) groups excluding carboxylic acids is 2. The average Bonchev–Trinajstić information content (AvgIpc) is 3.17. The number of ether oxygens (including phenoxy) is 1. The molecule has 0 atom stereocenters. The maximum atomic E-state index is 13.0. The van der Waals surface area contributed by atoms with Gasteiger partial charge in [0, 0.05) is 37.3 Å². The Bertz CT molecular complexity index is 1070. The molecule has 1 aromatic carbocycles. The Morgan fingerprint density at radius 2 is 1.87 bits per heavy atom. The summed E-state index contributed by atoms with van der Waals surface area (Å²) in [6.45, 7) is 6.07.